The number of aromatic hydroxyl groups is 1. The number of halogens is 1. The zero-order chi connectivity index (χ0) is 15.0. The van der Waals surface area contributed by atoms with Crippen molar-refractivity contribution in [1.29, 1.82) is 0 Å². The van der Waals surface area contributed by atoms with E-state index in [0.29, 0.717) is 12.1 Å². The highest BCUT2D eigenvalue weighted by Crippen LogP contribution is 2.28. The van der Waals surface area contributed by atoms with Crippen LogP contribution in [0, 0.1) is 12.7 Å². The number of benzene rings is 1. The maximum Gasteiger partial charge on any atom is 0.166 e. The zero-order valence-corrected chi connectivity index (χ0v) is 11.5. The minimum absolute atomic E-state index is 0.362. The molecule has 0 saturated carbocycles. The van der Waals surface area contributed by atoms with Crippen molar-refractivity contribution in [1.82, 2.24) is 14.8 Å². The summed E-state index contributed by atoms with van der Waals surface area (Å²) in [6, 6.07) is 4.54. The summed E-state index contributed by atoms with van der Waals surface area (Å²) in [5.41, 5.74) is 3.01. The van der Waals surface area contributed by atoms with Crippen LogP contribution in [0.4, 0.5) is 4.39 Å². The normalized spacial score (nSPS) is 11.0. The quantitative estimate of drug-likeness (QED) is 0.749. The summed E-state index contributed by atoms with van der Waals surface area (Å²) in [5, 5.41) is 14.4. The van der Waals surface area contributed by atoms with Crippen LogP contribution in [0.2, 0.25) is 0 Å². The van der Waals surface area contributed by atoms with Crippen molar-refractivity contribution in [2.75, 3.05) is 0 Å². The van der Waals surface area contributed by atoms with Gasteiger partial charge in [0, 0.05) is 23.2 Å². The molecule has 0 radical (unpaired) electrons. The number of aryl methyl sites for hydroxylation is 1. The number of nitrogens with zero attached hydrogens (tertiary/aromatic N) is 3. The molecule has 2 heterocycles. The molecule has 0 fully saturated rings. The summed E-state index contributed by atoms with van der Waals surface area (Å²) in [5.74, 6) is -1.03. The summed E-state index contributed by atoms with van der Waals surface area (Å²) < 4.78 is 15.3. The molecule has 0 aliphatic heterocycles. The molecule has 0 bridgehead atoms. The highest BCUT2D eigenvalue weighted by Gasteiger charge is 2.10. The van der Waals surface area contributed by atoms with E-state index in [-0.39, 0.29) is 5.75 Å². The van der Waals surface area contributed by atoms with Crippen LogP contribution >= 0.6 is 0 Å². The maximum absolute atomic E-state index is 13.5. The van der Waals surface area contributed by atoms with Gasteiger partial charge in [-0.25, -0.2) is 9.37 Å². The Morgan fingerprint density at radius 2 is 2.19 bits per heavy atom. The lowest BCUT2D eigenvalue weighted by atomic mass is 10.1. The average molecular weight is 283 g/mol. The summed E-state index contributed by atoms with van der Waals surface area (Å²) >= 11 is 0. The first-order valence-corrected chi connectivity index (χ1v) is 6.52. The summed E-state index contributed by atoms with van der Waals surface area (Å²) in [4.78, 5) is 4.45. The third-order valence-electron chi connectivity index (χ3n) is 3.33. The Morgan fingerprint density at radius 1 is 1.38 bits per heavy atom. The molecule has 0 aliphatic carbocycles. The van der Waals surface area contributed by atoms with Gasteiger partial charge in [-0.05, 0) is 24.6 Å². The van der Waals surface area contributed by atoms with E-state index in [2.05, 4.69) is 16.7 Å². The second-order valence-electron chi connectivity index (χ2n) is 4.88. The van der Waals surface area contributed by atoms with Crippen LogP contribution in [0.1, 0.15) is 5.56 Å². The molecule has 0 amide bonds. The maximum atomic E-state index is 13.5. The Kier molecular flexibility index (Phi) is 3.17. The van der Waals surface area contributed by atoms with Crippen LogP contribution in [0.15, 0.2) is 43.2 Å². The van der Waals surface area contributed by atoms with E-state index in [1.54, 1.807) is 17.0 Å². The van der Waals surface area contributed by atoms with E-state index in [1.165, 1.54) is 12.1 Å². The fraction of sp³-hybridized carbons (Fsp3) is 0.125. The number of allylic oxidation sites excluding steroid dienone is 1. The number of hydrogen-bond donors (Lipinski definition) is 1. The average Bonchev–Trinajstić information content (AvgIpc) is 2.90. The van der Waals surface area contributed by atoms with Crippen LogP contribution < -0.4 is 0 Å². The molecule has 4 nitrogen and oxygen atoms in total. The molecule has 0 atom stereocenters. The standard InChI is InChI=1S/C16H14FN3O/c1-3-4-20-9-11(8-18-20)14-5-10(2)12-6-16(21)13(17)7-15(12)19-14/h3,5-9,21H,1,4H2,2H3. The third-order valence-corrected chi connectivity index (χ3v) is 3.33. The lowest BCUT2D eigenvalue weighted by Gasteiger charge is -2.06. The molecule has 106 valence electrons. The van der Waals surface area contributed by atoms with Gasteiger partial charge in [-0.15, -0.1) is 6.58 Å². The molecule has 3 rings (SSSR count). The van der Waals surface area contributed by atoms with Gasteiger partial charge in [0.1, 0.15) is 0 Å². The molecule has 1 aromatic carbocycles. The minimum Gasteiger partial charge on any atom is -0.505 e. The number of hydrogen-bond acceptors (Lipinski definition) is 3. The van der Waals surface area contributed by atoms with E-state index < -0.39 is 5.82 Å². The smallest absolute Gasteiger partial charge is 0.166 e. The highest BCUT2D eigenvalue weighted by atomic mass is 19.1. The van der Waals surface area contributed by atoms with Crippen molar-refractivity contribution in [3.05, 3.63) is 54.6 Å². The van der Waals surface area contributed by atoms with Crippen LogP contribution in [-0.2, 0) is 6.54 Å². The number of phenolic OH excluding ortho intramolecular Hbond substituents is 1. The number of pyridine rings is 1. The summed E-state index contributed by atoms with van der Waals surface area (Å²) in [7, 11) is 0. The number of fused-ring (bicyclic) bond motifs is 1. The van der Waals surface area contributed by atoms with E-state index >= 15 is 0 Å². The van der Waals surface area contributed by atoms with E-state index in [1.807, 2.05) is 19.2 Å². The first-order chi connectivity index (χ1) is 10.1. The van der Waals surface area contributed by atoms with Crippen molar-refractivity contribution in [2.45, 2.75) is 13.5 Å². The van der Waals surface area contributed by atoms with Crippen molar-refractivity contribution < 1.29 is 9.50 Å². The molecule has 0 aliphatic rings. The van der Waals surface area contributed by atoms with Crippen LogP contribution in [0.25, 0.3) is 22.2 Å². The highest BCUT2D eigenvalue weighted by molar-refractivity contribution is 5.86. The van der Waals surface area contributed by atoms with Crippen LogP contribution in [0.3, 0.4) is 0 Å². The fourth-order valence-corrected chi connectivity index (χ4v) is 2.28. The largest absolute Gasteiger partial charge is 0.505 e. The second-order valence-corrected chi connectivity index (χ2v) is 4.88. The van der Waals surface area contributed by atoms with Gasteiger partial charge in [-0.2, -0.15) is 5.10 Å². The predicted octanol–water partition coefficient (Wildman–Crippen LogP) is 3.44. The molecule has 2 aromatic heterocycles. The van der Waals surface area contributed by atoms with Gasteiger partial charge in [0.2, 0.25) is 0 Å². The van der Waals surface area contributed by atoms with Gasteiger partial charge in [0.25, 0.3) is 0 Å². The lowest BCUT2D eigenvalue weighted by molar-refractivity contribution is 0.433. The molecular weight excluding hydrogens is 269 g/mol. The molecule has 1 N–H and O–H groups in total. The predicted molar refractivity (Wildman–Crippen MR) is 79.5 cm³/mol. The van der Waals surface area contributed by atoms with E-state index in [9.17, 15) is 9.50 Å². The van der Waals surface area contributed by atoms with Gasteiger partial charge < -0.3 is 5.11 Å². The zero-order valence-electron chi connectivity index (χ0n) is 11.5. The SMILES string of the molecule is C=CCn1cc(-c2cc(C)c3cc(O)c(F)cc3n2)cn1. The van der Waals surface area contributed by atoms with Gasteiger partial charge in [-0.3, -0.25) is 4.68 Å². The molecule has 3 aromatic rings. The Morgan fingerprint density at radius 3 is 2.95 bits per heavy atom. The van der Waals surface area contributed by atoms with Crippen molar-refractivity contribution in [3.63, 3.8) is 0 Å². The molecule has 0 spiro atoms. The summed E-state index contributed by atoms with van der Waals surface area (Å²) in [6.45, 7) is 6.19. The Labute approximate surface area is 121 Å². The number of aromatic nitrogens is 3. The number of phenols is 1. The second kappa shape index (κ2) is 5.01. The number of rotatable bonds is 3. The molecule has 0 unspecified atom stereocenters. The summed E-state index contributed by atoms with van der Waals surface area (Å²) in [6.07, 6.45) is 5.34. The van der Waals surface area contributed by atoms with Crippen LogP contribution in [0.5, 0.6) is 5.75 Å². The first-order valence-electron chi connectivity index (χ1n) is 6.52. The van der Waals surface area contributed by atoms with Crippen molar-refractivity contribution >= 4 is 10.9 Å². The van der Waals surface area contributed by atoms with Gasteiger partial charge in [0.15, 0.2) is 11.6 Å². The molecule has 5 heteroatoms. The Balaban J connectivity index is 2.14. The Hall–Kier alpha value is -2.69. The van der Waals surface area contributed by atoms with E-state index in [4.69, 9.17) is 0 Å². The van der Waals surface area contributed by atoms with Crippen molar-refractivity contribution in [3.8, 4) is 17.0 Å². The Bertz CT molecular complexity index is 839. The first kappa shape index (κ1) is 13.3. The van der Waals surface area contributed by atoms with Gasteiger partial charge >= 0.3 is 0 Å². The van der Waals surface area contributed by atoms with Crippen molar-refractivity contribution in [2.24, 2.45) is 0 Å². The molecule has 0 saturated heterocycles. The molecule has 21 heavy (non-hydrogen) atoms. The molecular formula is C16H14FN3O. The third kappa shape index (κ3) is 2.38. The van der Waals surface area contributed by atoms with Gasteiger partial charge in [-0.1, -0.05) is 6.08 Å². The topological polar surface area (TPSA) is 50.9 Å². The lowest BCUT2D eigenvalue weighted by Crippen LogP contribution is -1.93. The van der Waals surface area contributed by atoms with Gasteiger partial charge in [0.05, 0.1) is 24.0 Å². The van der Waals surface area contributed by atoms with E-state index in [0.717, 1.165) is 22.2 Å². The monoisotopic (exact) mass is 283 g/mol. The minimum atomic E-state index is -0.672. The van der Waals surface area contributed by atoms with Crippen LogP contribution in [-0.4, -0.2) is 19.9 Å². The fourth-order valence-electron chi connectivity index (χ4n) is 2.28.